The van der Waals surface area contributed by atoms with E-state index in [2.05, 4.69) is 15.6 Å². The summed E-state index contributed by atoms with van der Waals surface area (Å²) in [5, 5.41) is 6.68. The van der Waals surface area contributed by atoms with E-state index in [9.17, 15) is 4.79 Å². The van der Waals surface area contributed by atoms with Gasteiger partial charge in [-0.15, -0.1) is 0 Å². The van der Waals surface area contributed by atoms with Crippen LogP contribution in [0.1, 0.15) is 13.3 Å². The Morgan fingerprint density at radius 2 is 2.54 bits per heavy atom. The zero-order valence-corrected chi connectivity index (χ0v) is 8.62. The van der Waals surface area contributed by atoms with Crippen molar-refractivity contribution >= 4 is 22.8 Å². The van der Waals surface area contributed by atoms with Gasteiger partial charge in [0.15, 0.2) is 5.17 Å². The van der Waals surface area contributed by atoms with Gasteiger partial charge in [0, 0.05) is 12.3 Å². The third-order valence-corrected chi connectivity index (χ3v) is 2.49. The number of nitrogens with one attached hydrogen (secondary N) is 2. The van der Waals surface area contributed by atoms with Crippen molar-refractivity contribution in [2.24, 2.45) is 4.99 Å². The highest BCUT2D eigenvalue weighted by molar-refractivity contribution is 8.14. The number of hydrogen-bond donors (Lipinski definition) is 2. The van der Waals surface area contributed by atoms with Crippen LogP contribution in [0.25, 0.3) is 0 Å². The minimum Gasteiger partial charge on any atom is -0.356 e. The van der Waals surface area contributed by atoms with Crippen molar-refractivity contribution in [3.05, 3.63) is 0 Å². The van der Waals surface area contributed by atoms with Crippen LogP contribution in [0, 0.1) is 0 Å². The van der Waals surface area contributed by atoms with Crippen molar-refractivity contribution in [1.29, 1.82) is 0 Å². The van der Waals surface area contributed by atoms with Crippen molar-refractivity contribution < 1.29 is 4.79 Å². The van der Waals surface area contributed by atoms with E-state index in [0.717, 1.165) is 30.4 Å². The van der Waals surface area contributed by atoms with Gasteiger partial charge in [-0.3, -0.25) is 9.79 Å². The number of carbonyl (C=O) groups is 1. The molecule has 1 amide bonds. The molecule has 74 valence electrons. The molecule has 0 aromatic rings. The molecule has 0 fully saturated rings. The van der Waals surface area contributed by atoms with Gasteiger partial charge in [0.1, 0.15) is 0 Å². The lowest BCUT2D eigenvalue weighted by molar-refractivity contribution is -0.119. The highest BCUT2D eigenvalue weighted by atomic mass is 32.2. The molecule has 4 nitrogen and oxygen atoms in total. The molecular formula is C8H15N3OS. The molecular weight excluding hydrogens is 186 g/mol. The summed E-state index contributed by atoms with van der Waals surface area (Å²) >= 11 is 1.67. The van der Waals surface area contributed by atoms with Crippen LogP contribution in [-0.2, 0) is 4.79 Å². The van der Waals surface area contributed by atoms with Crippen molar-refractivity contribution in [1.82, 2.24) is 10.6 Å². The first-order chi connectivity index (χ1) is 6.33. The summed E-state index contributed by atoms with van der Waals surface area (Å²) in [5.74, 6) is 1.07. The Hall–Kier alpha value is -0.710. The Balaban J connectivity index is 2.07. The van der Waals surface area contributed by atoms with Crippen LogP contribution in [0.2, 0.25) is 0 Å². The van der Waals surface area contributed by atoms with E-state index in [-0.39, 0.29) is 5.91 Å². The Morgan fingerprint density at radius 1 is 1.69 bits per heavy atom. The number of rotatable bonds is 4. The van der Waals surface area contributed by atoms with E-state index >= 15 is 0 Å². The number of carbonyl (C=O) groups excluding carboxylic acids is 1. The quantitative estimate of drug-likeness (QED) is 0.683. The number of amidine groups is 1. The van der Waals surface area contributed by atoms with E-state index in [0.29, 0.717) is 6.54 Å². The summed E-state index contributed by atoms with van der Waals surface area (Å²) in [6.45, 7) is 3.99. The summed E-state index contributed by atoms with van der Waals surface area (Å²) in [6, 6.07) is 0. The van der Waals surface area contributed by atoms with Crippen molar-refractivity contribution in [2.75, 3.05) is 25.4 Å². The monoisotopic (exact) mass is 201 g/mol. The van der Waals surface area contributed by atoms with Gasteiger partial charge in [-0.25, -0.2) is 0 Å². The SMILES string of the molecule is CCCNC(=O)CNC1=NCCS1. The molecule has 0 aliphatic carbocycles. The van der Waals surface area contributed by atoms with E-state index in [1.165, 1.54) is 0 Å². The molecule has 1 rings (SSSR count). The van der Waals surface area contributed by atoms with Gasteiger partial charge >= 0.3 is 0 Å². The minimum atomic E-state index is 0.0389. The number of amides is 1. The maximum absolute atomic E-state index is 11.1. The van der Waals surface area contributed by atoms with Gasteiger partial charge in [0.25, 0.3) is 0 Å². The van der Waals surface area contributed by atoms with Gasteiger partial charge in [0.05, 0.1) is 13.1 Å². The van der Waals surface area contributed by atoms with Crippen molar-refractivity contribution in [2.45, 2.75) is 13.3 Å². The average Bonchev–Trinajstić information content (AvgIpc) is 2.64. The fraction of sp³-hybridized carbons (Fsp3) is 0.750. The van der Waals surface area contributed by atoms with Crippen molar-refractivity contribution in [3.63, 3.8) is 0 Å². The minimum absolute atomic E-state index is 0.0389. The molecule has 0 bridgehead atoms. The molecule has 1 heterocycles. The number of aliphatic imine (C=N–C) groups is 1. The third-order valence-electron chi connectivity index (χ3n) is 1.56. The van der Waals surface area contributed by atoms with Gasteiger partial charge in [-0.1, -0.05) is 18.7 Å². The topological polar surface area (TPSA) is 53.5 Å². The van der Waals surface area contributed by atoms with Crippen LogP contribution in [0.5, 0.6) is 0 Å². The molecule has 0 radical (unpaired) electrons. The smallest absolute Gasteiger partial charge is 0.239 e. The predicted molar refractivity (Wildman–Crippen MR) is 56.1 cm³/mol. The van der Waals surface area contributed by atoms with E-state index in [1.54, 1.807) is 11.8 Å². The maximum Gasteiger partial charge on any atom is 0.239 e. The Morgan fingerprint density at radius 3 is 3.15 bits per heavy atom. The summed E-state index contributed by atoms with van der Waals surface area (Å²) < 4.78 is 0. The molecule has 0 aromatic heterocycles. The number of nitrogens with zero attached hydrogens (tertiary/aromatic N) is 1. The first-order valence-electron chi connectivity index (χ1n) is 4.50. The molecule has 0 saturated heterocycles. The predicted octanol–water partition coefficient (Wildman–Crippen LogP) is 0.205. The summed E-state index contributed by atoms with van der Waals surface area (Å²) in [6.07, 6.45) is 0.974. The third kappa shape index (κ3) is 4.17. The van der Waals surface area contributed by atoms with Crippen LogP contribution in [-0.4, -0.2) is 36.5 Å². The van der Waals surface area contributed by atoms with Crippen LogP contribution < -0.4 is 10.6 Å². The molecule has 1 aliphatic heterocycles. The highest BCUT2D eigenvalue weighted by Crippen LogP contribution is 2.07. The second-order valence-electron chi connectivity index (χ2n) is 2.74. The Labute approximate surface area is 82.6 Å². The fourth-order valence-corrected chi connectivity index (χ4v) is 1.66. The summed E-state index contributed by atoms with van der Waals surface area (Å²) in [5.41, 5.74) is 0. The fourth-order valence-electron chi connectivity index (χ4n) is 0.925. The van der Waals surface area contributed by atoms with Crippen molar-refractivity contribution in [3.8, 4) is 0 Å². The first kappa shape index (κ1) is 10.4. The molecule has 5 heteroatoms. The summed E-state index contributed by atoms with van der Waals surface area (Å²) in [4.78, 5) is 15.3. The molecule has 0 aromatic carbocycles. The molecule has 13 heavy (non-hydrogen) atoms. The van der Waals surface area contributed by atoms with Crippen LogP contribution in [0.3, 0.4) is 0 Å². The van der Waals surface area contributed by atoms with Gasteiger partial charge in [-0.2, -0.15) is 0 Å². The average molecular weight is 201 g/mol. The lowest BCUT2D eigenvalue weighted by Gasteiger charge is -2.05. The maximum atomic E-state index is 11.1. The summed E-state index contributed by atoms with van der Waals surface area (Å²) in [7, 11) is 0. The first-order valence-corrected chi connectivity index (χ1v) is 5.49. The zero-order chi connectivity index (χ0) is 9.52. The van der Waals surface area contributed by atoms with Crippen LogP contribution in [0.15, 0.2) is 4.99 Å². The van der Waals surface area contributed by atoms with Gasteiger partial charge in [0.2, 0.25) is 5.91 Å². The standard InChI is InChI=1S/C8H15N3OS/c1-2-3-9-7(12)6-11-8-10-4-5-13-8/h2-6H2,1H3,(H,9,12)(H,10,11). The second kappa shape index (κ2) is 5.85. The lowest BCUT2D eigenvalue weighted by atomic mass is 10.4. The second-order valence-corrected chi connectivity index (χ2v) is 3.82. The molecule has 2 N–H and O–H groups in total. The van der Waals surface area contributed by atoms with E-state index in [1.807, 2.05) is 6.92 Å². The largest absolute Gasteiger partial charge is 0.356 e. The lowest BCUT2D eigenvalue weighted by Crippen LogP contribution is -2.35. The van der Waals surface area contributed by atoms with E-state index < -0.39 is 0 Å². The molecule has 0 spiro atoms. The molecule has 0 saturated carbocycles. The number of hydrogen-bond acceptors (Lipinski definition) is 4. The Kier molecular flexibility index (Phi) is 4.67. The highest BCUT2D eigenvalue weighted by Gasteiger charge is 2.07. The van der Waals surface area contributed by atoms with E-state index in [4.69, 9.17) is 0 Å². The zero-order valence-electron chi connectivity index (χ0n) is 7.80. The van der Waals surface area contributed by atoms with Gasteiger partial charge < -0.3 is 10.6 Å². The molecule has 0 unspecified atom stereocenters. The molecule has 0 atom stereocenters. The van der Waals surface area contributed by atoms with Crippen LogP contribution in [0.4, 0.5) is 0 Å². The number of thioether (sulfide) groups is 1. The Bertz CT molecular complexity index is 206. The molecule has 1 aliphatic rings. The normalized spacial score (nSPS) is 15.3. The van der Waals surface area contributed by atoms with Crippen LogP contribution >= 0.6 is 11.8 Å². The van der Waals surface area contributed by atoms with Gasteiger partial charge in [-0.05, 0) is 6.42 Å².